The van der Waals surface area contributed by atoms with Gasteiger partial charge in [-0.1, -0.05) is 67.2 Å². The fraction of sp³-hybridized carbons (Fsp3) is 0.240. The molecule has 1 unspecified atom stereocenters. The van der Waals surface area contributed by atoms with E-state index in [1.807, 2.05) is 24.8 Å². The lowest BCUT2D eigenvalue weighted by Gasteiger charge is -2.25. The van der Waals surface area contributed by atoms with Crippen LogP contribution in [-0.2, 0) is 16.9 Å². The van der Waals surface area contributed by atoms with Crippen LogP contribution >= 0.6 is 23.1 Å². The normalized spacial score (nSPS) is 17.0. The highest BCUT2D eigenvalue weighted by atomic mass is 32.2. The van der Waals surface area contributed by atoms with E-state index in [1.165, 1.54) is 26.5 Å². The monoisotopic (exact) mass is 434 g/mol. The van der Waals surface area contributed by atoms with Crippen LogP contribution in [0.4, 0.5) is 0 Å². The lowest BCUT2D eigenvalue weighted by molar-refractivity contribution is 0.300. The van der Waals surface area contributed by atoms with Crippen LogP contribution in [0, 0.1) is 0 Å². The second kappa shape index (κ2) is 9.54. The van der Waals surface area contributed by atoms with Gasteiger partial charge in [0.25, 0.3) is 0 Å². The number of thioether (sulfide) groups is 1. The SMILES string of the molecule is C=C(OCC)c1sc(SCc2ccccc2)c2c1CC(c1ccccc1)C/C2=N\N. The maximum atomic E-state index is 5.91. The molecule has 1 atom stereocenters. The molecule has 0 saturated heterocycles. The molecular weight excluding hydrogens is 408 g/mol. The lowest BCUT2D eigenvalue weighted by atomic mass is 9.80. The summed E-state index contributed by atoms with van der Waals surface area (Å²) in [7, 11) is 0. The minimum atomic E-state index is 0.357. The first-order chi connectivity index (χ1) is 14.7. The van der Waals surface area contributed by atoms with Crippen LogP contribution in [0.15, 0.2) is 76.6 Å². The predicted molar refractivity (Wildman–Crippen MR) is 129 cm³/mol. The quantitative estimate of drug-likeness (QED) is 0.201. The number of benzene rings is 2. The summed E-state index contributed by atoms with van der Waals surface area (Å²) in [6.07, 6.45) is 1.80. The van der Waals surface area contributed by atoms with Crippen LogP contribution in [0.1, 0.15) is 46.4 Å². The zero-order valence-corrected chi connectivity index (χ0v) is 18.8. The Morgan fingerprint density at radius 1 is 1.13 bits per heavy atom. The van der Waals surface area contributed by atoms with E-state index in [1.54, 1.807) is 11.3 Å². The van der Waals surface area contributed by atoms with E-state index in [9.17, 15) is 0 Å². The first kappa shape index (κ1) is 20.8. The highest BCUT2D eigenvalue weighted by molar-refractivity contribution is 8.00. The number of rotatable bonds is 7. The van der Waals surface area contributed by atoms with E-state index < -0.39 is 0 Å². The second-order valence-electron chi connectivity index (χ2n) is 7.29. The van der Waals surface area contributed by atoms with Crippen molar-refractivity contribution in [1.29, 1.82) is 0 Å². The van der Waals surface area contributed by atoms with Crippen LogP contribution in [0.2, 0.25) is 0 Å². The lowest BCUT2D eigenvalue weighted by Crippen LogP contribution is -2.20. The summed E-state index contributed by atoms with van der Waals surface area (Å²) in [6.45, 7) is 6.82. The number of nitrogens with two attached hydrogens (primary N) is 1. The number of thiophene rings is 1. The van der Waals surface area contributed by atoms with E-state index in [4.69, 9.17) is 10.6 Å². The molecule has 0 radical (unpaired) electrons. The van der Waals surface area contributed by atoms with Crippen molar-refractivity contribution in [2.24, 2.45) is 10.9 Å². The van der Waals surface area contributed by atoms with Gasteiger partial charge < -0.3 is 10.6 Å². The van der Waals surface area contributed by atoms with Gasteiger partial charge in [-0.3, -0.25) is 0 Å². The minimum absolute atomic E-state index is 0.357. The third-order valence-corrected chi connectivity index (χ3v) is 7.98. The summed E-state index contributed by atoms with van der Waals surface area (Å²) in [5.74, 6) is 7.92. The van der Waals surface area contributed by atoms with Crippen molar-refractivity contribution in [3.05, 3.63) is 94.4 Å². The second-order valence-corrected chi connectivity index (χ2v) is 9.56. The number of ether oxygens (including phenoxy) is 1. The average Bonchev–Trinajstić information content (AvgIpc) is 3.17. The molecule has 2 aromatic carbocycles. The molecule has 0 bridgehead atoms. The third-order valence-electron chi connectivity index (χ3n) is 5.36. The molecule has 0 aliphatic heterocycles. The molecule has 1 aliphatic carbocycles. The molecule has 3 aromatic rings. The van der Waals surface area contributed by atoms with Crippen molar-refractivity contribution >= 4 is 34.6 Å². The summed E-state index contributed by atoms with van der Waals surface area (Å²) in [4.78, 5) is 1.13. The van der Waals surface area contributed by atoms with Gasteiger partial charge in [-0.05, 0) is 42.4 Å². The van der Waals surface area contributed by atoms with Crippen molar-refractivity contribution in [1.82, 2.24) is 0 Å². The predicted octanol–water partition coefficient (Wildman–Crippen LogP) is 6.44. The smallest absolute Gasteiger partial charge is 0.129 e. The van der Waals surface area contributed by atoms with Crippen molar-refractivity contribution in [2.75, 3.05) is 6.61 Å². The summed E-state index contributed by atoms with van der Waals surface area (Å²) < 4.78 is 7.07. The molecule has 2 N–H and O–H groups in total. The van der Waals surface area contributed by atoms with Gasteiger partial charge in [-0.2, -0.15) is 5.10 Å². The molecule has 1 aromatic heterocycles. The number of hydrazone groups is 1. The number of fused-ring (bicyclic) bond motifs is 1. The molecule has 0 amide bonds. The Kier molecular flexibility index (Phi) is 6.60. The van der Waals surface area contributed by atoms with Crippen molar-refractivity contribution in [3.8, 4) is 0 Å². The highest BCUT2D eigenvalue weighted by Crippen LogP contribution is 2.46. The Morgan fingerprint density at radius 2 is 1.83 bits per heavy atom. The topological polar surface area (TPSA) is 47.6 Å². The Hall–Kier alpha value is -2.50. The molecule has 3 nitrogen and oxygen atoms in total. The standard InChI is InChI=1S/C25H26N2OS2/c1-3-28-17(2)24-21-14-20(19-12-8-5-9-13-19)15-22(27-26)23(21)25(30-24)29-16-18-10-6-4-7-11-18/h4-13,20H,2-3,14-16,26H2,1H3/b27-22+. The molecule has 1 heterocycles. The Morgan fingerprint density at radius 3 is 2.50 bits per heavy atom. The highest BCUT2D eigenvalue weighted by Gasteiger charge is 2.32. The van der Waals surface area contributed by atoms with E-state index in [-0.39, 0.29) is 0 Å². The van der Waals surface area contributed by atoms with Crippen molar-refractivity contribution < 1.29 is 4.74 Å². The number of hydrogen-bond acceptors (Lipinski definition) is 5. The summed E-state index contributed by atoms with van der Waals surface area (Å²) in [5.41, 5.74) is 6.08. The van der Waals surface area contributed by atoms with Crippen LogP contribution in [-0.4, -0.2) is 12.3 Å². The molecule has 5 heteroatoms. The van der Waals surface area contributed by atoms with Gasteiger partial charge in [-0.15, -0.1) is 23.1 Å². The molecule has 4 rings (SSSR count). The summed E-state index contributed by atoms with van der Waals surface area (Å²) in [5, 5.41) is 4.24. The van der Waals surface area contributed by atoms with Crippen LogP contribution in [0.3, 0.4) is 0 Å². The zero-order chi connectivity index (χ0) is 20.9. The van der Waals surface area contributed by atoms with Gasteiger partial charge in [0.1, 0.15) is 5.76 Å². The Bertz CT molecular complexity index is 1040. The van der Waals surface area contributed by atoms with Gasteiger partial charge in [-0.25, -0.2) is 0 Å². The average molecular weight is 435 g/mol. The molecular formula is C25H26N2OS2. The fourth-order valence-corrected chi connectivity index (χ4v) is 6.50. The van der Waals surface area contributed by atoms with E-state index in [0.717, 1.165) is 34.9 Å². The largest absolute Gasteiger partial charge is 0.493 e. The number of hydrogen-bond donors (Lipinski definition) is 1. The third kappa shape index (κ3) is 4.32. The number of nitrogens with zero attached hydrogens (tertiary/aromatic N) is 1. The molecule has 30 heavy (non-hydrogen) atoms. The van der Waals surface area contributed by atoms with Crippen LogP contribution in [0.25, 0.3) is 5.76 Å². The maximum Gasteiger partial charge on any atom is 0.129 e. The van der Waals surface area contributed by atoms with Crippen LogP contribution < -0.4 is 5.84 Å². The Labute approximate surface area is 186 Å². The minimum Gasteiger partial charge on any atom is -0.493 e. The Balaban J connectivity index is 1.72. The van der Waals surface area contributed by atoms with E-state index in [2.05, 4.69) is 66.3 Å². The molecule has 154 valence electrons. The molecule has 0 saturated carbocycles. The van der Waals surface area contributed by atoms with Gasteiger partial charge in [0, 0.05) is 11.3 Å². The first-order valence-corrected chi connectivity index (χ1v) is 12.0. The maximum absolute atomic E-state index is 5.91. The van der Waals surface area contributed by atoms with Gasteiger partial charge >= 0.3 is 0 Å². The van der Waals surface area contributed by atoms with Gasteiger partial charge in [0.2, 0.25) is 0 Å². The summed E-state index contributed by atoms with van der Waals surface area (Å²) >= 11 is 3.61. The van der Waals surface area contributed by atoms with E-state index >= 15 is 0 Å². The van der Waals surface area contributed by atoms with Gasteiger partial charge in [0.15, 0.2) is 0 Å². The molecule has 0 spiro atoms. The molecule has 1 aliphatic rings. The van der Waals surface area contributed by atoms with Crippen LogP contribution in [0.5, 0.6) is 0 Å². The van der Waals surface area contributed by atoms with Crippen molar-refractivity contribution in [3.63, 3.8) is 0 Å². The van der Waals surface area contributed by atoms with E-state index in [0.29, 0.717) is 12.5 Å². The molecule has 0 fully saturated rings. The van der Waals surface area contributed by atoms with Crippen molar-refractivity contribution in [2.45, 2.75) is 35.6 Å². The fourth-order valence-electron chi connectivity index (χ4n) is 3.95. The first-order valence-electron chi connectivity index (χ1n) is 10.2. The van der Waals surface area contributed by atoms with Gasteiger partial charge in [0.05, 0.1) is 21.4 Å². The summed E-state index contributed by atoms with van der Waals surface area (Å²) in [6, 6.07) is 21.2. The zero-order valence-electron chi connectivity index (χ0n) is 17.1.